The fourth-order valence-corrected chi connectivity index (χ4v) is 3.04. The first-order chi connectivity index (χ1) is 10.9. The maximum Gasteiger partial charge on any atom is 0.261 e. The molecule has 124 valence electrons. The van der Waals surface area contributed by atoms with Gasteiger partial charge in [-0.25, -0.2) is 8.42 Å². The highest BCUT2D eigenvalue weighted by atomic mass is 32.2. The Bertz CT molecular complexity index is 723. The second-order valence-corrected chi connectivity index (χ2v) is 7.05. The lowest BCUT2D eigenvalue weighted by atomic mass is 10.3. The van der Waals surface area contributed by atoms with E-state index in [9.17, 15) is 8.42 Å². The lowest BCUT2D eigenvalue weighted by Crippen LogP contribution is -2.13. The first kappa shape index (κ1) is 17.1. The summed E-state index contributed by atoms with van der Waals surface area (Å²) in [4.78, 5) is 2.16. The van der Waals surface area contributed by atoms with Crippen molar-refractivity contribution in [3.8, 4) is 5.75 Å². The second kappa shape index (κ2) is 7.37. The molecular formula is C17H22N2O3S. The monoisotopic (exact) mass is 334 g/mol. The van der Waals surface area contributed by atoms with E-state index in [0.717, 1.165) is 12.1 Å². The van der Waals surface area contributed by atoms with Crippen LogP contribution in [0.2, 0.25) is 0 Å². The van der Waals surface area contributed by atoms with Crippen molar-refractivity contribution in [2.45, 2.75) is 18.2 Å². The molecule has 0 spiro atoms. The maximum atomic E-state index is 12.4. The van der Waals surface area contributed by atoms with Crippen LogP contribution in [0.4, 0.5) is 11.4 Å². The molecular weight excluding hydrogens is 312 g/mol. The minimum atomic E-state index is -3.60. The van der Waals surface area contributed by atoms with Crippen LogP contribution in [-0.4, -0.2) is 29.1 Å². The summed E-state index contributed by atoms with van der Waals surface area (Å²) in [5.74, 6) is 0.668. The summed E-state index contributed by atoms with van der Waals surface area (Å²) in [6.07, 6.45) is 0.907. The summed E-state index contributed by atoms with van der Waals surface area (Å²) in [6, 6.07) is 13.6. The highest BCUT2D eigenvalue weighted by Gasteiger charge is 2.14. The molecule has 0 atom stereocenters. The van der Waals surface area contributed by atoms with Gasteiger partial charge in [0.2, 0.25) is 0 Å². The number of nitrogens with zero attached hydrogens (tertiary/aromatic N) is 1. The van der Waals surface area contributed by atoms with Crippen LogP contribution in [0, 0.1) is 0 Å². The SMILES string of the molecule is CCCOc1ccc(S(=O)(=O)Nc2ccc(N(C)C)cc2)cc1. The van der Waals surface area contributed by atoms with Crippen LogP contribution in [0.25, 0.3) is 0 Å². The van der Waals surface area contributed by atoms with Crippen LogP contribution in [-0.2, 0) is 10.0 Å². The van der Waals surface area contributed by atoms with Crippen molar-refractivity contribution in [1.82, 2.24) is 0 Å². The summed E-state index contributed by atoms with van der Waals surface area (Å²) < 4.78 is 32.8. The summed E-state index contributed by atoms with van der Waals surface area (Å²) in [6.45, 7) is 2.63. The quantitative estimate of drug-likeness (QED) is 0.844. The summed E-state index contributed by atoms with van der Waals surface area (Å²) in [7, 11) is 0.261. The largest absolute Gasteiger partial charge is 0.494 e. The predicted molar refractivity (Wildman–Crippen MR) is 93.8 cm³/mol. The third-order valence-electron chi connectivity index (χ3n) is 3.24. The van der Waals surface area contributed by atoms with Crippen LogP contribution >= 0.6 is 0 Å². The molecule has 0 saturated carbocycles. The van der Waals surface area contributed by atoms with Gasteiger partial charge in [0.05, 0.1) is 11.5 Å². The minimum Gasteiger partial charge on any atom is -0.494 e. The Balaban J connectivity index is 2.11. The molecule has 0 bridgehead atoms. The fourth-order valence-electron chi connectivity index (χ4n) is 1.98. The molecule has 0 amide bonds. The van der Waals surface area contributed by atoms with Gasteiger partial charge >= 0.3 is 0 Å². The van der Waals surface area contributed by atoms with Gasteiger partial charge in [-0.2, -0.15) is 0 Å². The number of anilines is 2. The van der Waals surface area contributed by atoms with Crippen LogP contribution in [0.3, 0.4) is 0 Å². The predicted octanol–water partition coefficient (Wildman–Crippen LogP) is 3.34. The molecule has 0 saturated heterocycles. The molecule has 0 aliphatic carbocycles. The Morgan fingerprint density at radius 1 is 1.00 bits per heavy atom. The number of benzene rings is 2. The van der Waals surface area contributed by atoms with Crippen molar-refractivity contribution in [3.05, 3.63) is 48.5 Å². The zero-order valence-electron chi connectivity index (χ0n) is 13.6. The molecule has 23 heavy (non-hydrogen) atoms. The number of rotatable bonds is 7. The van der Waals surface area contributed by atoms with Crippen molar-refractivity contribution in [2.75, 3.05) is 30.3 Å². The van der Waals surface area contributed by atoms with Gasteiger partial charge < -0.3 is 9.64 Å². The van der Waals surface area contributed by atoms with Gasteiger partial charge in [0.1, 0.15) is 5.75 Å². The molecule has 0 fully saturated rings. The summed E-state index contributed by atoms with van der Waals surface area (Å²) in [5.41, 5.74) is 1.53. The highest BCUT2D eigenvalue weighted by molar-refractivity contribution is 7.92. The van der Waals surface area contributed by atoms with E-state index in [4.69, 9.17) is 4.74 Å². The van der Waals surface area contributed by atoms with Gasteiger partial charge in [-0.1, -0.05) is 6.92 Å². The molecule has 5 nitrogen and oxygen atoms in total. The molecule has 2 aromatic carbocycles. The summed E-state index contributed by atoms with van der Waals surface area (Å²) in [5, 5.41) is 0. The Morgan fingerprint density at radius 2 is 1.61 bits per heavy atom. The topological polar surface area (TPSA) is 58.6 Å². The van der Waals surface area contributed by atoms with Crippen LogP contribution in [0.1, 0.15) is 13.3 Å². The molecule has 2 rings (SSSR count). The minimum absolute atomic E-state index is 0.207. The van der Waals surface area contributed by atoms with E-state index in [1.165, 1.54) is 0 Å². The fraction of sp³-hybridized carbons (Fsp3) is 0.294. The zero-order valence-corrected chi connectivity index (χ0v) is 14.4. The number of hydrogen-bond acceptors (Lipinski definition) is 4. The number of hydrogen-bond donors (Lipinski definition) is 1. The van der Waals surface area contributed by atoms with Crippen molar-refractivity contribution < 1.29 is 13.2 Å². The average Bonchev–Trinajstić information content (AvgIpc) is 2.53. The maximum absolute atomic E-state index is 12.4. The van der Waals surface area contributed by atoms with Crippen LogP contribution in [0.15, 0.2) is 53.4 Å². The van der Waals surface area contributed by atoms with Gasteiger partial charge in [-0.15, -0.1) is 0 Å². The Kier molecular flexibility index (Phi) is 5.50. The molecule has 0 heterocycles. The summed E-state index contributed by atoms with van der Waals surface area (Å²) >= 11 is 0. The van der Waals surface area contributed by atoms with Gasteiger partial charge in [0, 0.05) is 25.5 Å². The van der Waals surface area contributed by atoms with Crippen molar-refractivity contribution in [3.63, 3.8) is 0 Å². The molecule has 0 aliphatic rings. The van der Waals surface area contributed by atoms with Gasteiger partial charge in [-0.3, -0.25) is 4.72 Å². The molecule has 0 radical (unpaired) electrons. The number of nitrogens with one attached hydrogen (secondary N) is 1. The first-order valence-electron chi connectivity index (χ1n) is 7.45. The molecule has 0 aliphatic heterocycles. The first-order valence-corrected chi connectivity index (χ1v) is 8.94. The van der Waals surface area contributed by atoms with Gasteiger partial charge in [-0.05, 0) is 55.0 Å². The van der Waals surface area contributed by atoms with Crippen LogP contribution in [0.5, 0.6) is 5.75 Å². The van der Waals surface area contributed by atoms with Crippen LogP contribution < -0.4 is 14.4 Å². The third kappa shape index (κ3) is 4.63. The smallest absolute Gasteiger partial charge is 0.261 e. The Labute approximate surface area is 137 Å². The lowest BCUT2D eigenvalue weighted by molar-refractivity contribution is 0.317. The van der Waals surface area contributed by atoms with Crippen molar-refractivity contribution >= 4 is 21.4 Å². The van der Waals surface area contributed by atoms with E-state index >= 15 is 0 Å². The Hall–Kier alpha value is -2.21. The molecule has 0 unspecified atom stereocenters. The highest BCUT2D eigenvalue weighted by Crippen LogP contribution is 2.21. The van der Waals surface area contributed by atoms with E-state index in [-0.39, 0.29) is 4.90 Å². The van der Waals surface area contributed by atoms with E-state index in [0.29, 0.717) is 18.0 Å². The zero-order chi connectivity index (χ0) is 16.9. The van der Waals surface area contributed by atoms with Crippen molar-refractivity contribution in [1.29, 1.82) is 0 Å². The average molecular weight is 334 g/mol. The second-order valence-electron chi connectivity index (χ2n) is 5.37. The van der Waals surface area contributed by atoms with E-state index in [1.807, 2.05) is 38.1 Å². The molecule has 1 N–H and O–H groups in total. The lowest BCUT2D eigenvalue weighted by Gasteiger charge is -2.13. The van der Waals surface area contributed by atoms with E-state index in [2.05, 4.69) is 4.72 Å². The Morgan fingerprint density at radius 3 is 2.13 bits per heavy atom. The molecule has 0 aromatic heterocycles. The third-order valence-corrected chi connectivity index (χ3v) is 4.64. The number of ether oxygens (including phenoxy) is 1. The van der Waals surface area contributed by atoms with Crippen molar-refractivity contribution in [2.24, 2.45) is 0 Å². The van der Waals surface area contributed by atoms with E-state index in [1.54, 1.807) is 36.4 Å². The van der Waals surface area contributed by atoms with Gasteiger partial charge in [0.25, 0.3) is 10.0 Å². The molecule has 2 aromatic rings. The standard InChI is InChI=1S/C17H22N2O3S/c1-4-13-22-16-9-11-17(12-10-16)23(20,21)18-14-5-7-15(8-6-14)19(2)3/h5-12,18H,4,13H2,1-3H3. The van der Waals surface area contributed by atoms with Gasteiger partial charge in [0.15, 0.2) is 0 Å². The molecule has 6 heteroatoms. The van der Waals surface area contributed by atoms with E-state index < -0.39 is 10.0 Å². The normalized spacial score (nSPS) is 11.1. The number of sulfonamides is 1.